The summed E-state index contributed by atoms with van der Waals surface area (Å²) in [4.78, 5) is 33.0. The second-order valence-corrected chi connectivity index (χ2v) is 9.88. The highest BCUT2D eigenvalue weighted by molar-refractivity contribution is 7.59. The largest absolute Gasteiger partial charge is 0.378 e. The molecule has 39 heavy (non-hydrogen) atoms. The standard InChI is InChI=1S/C30H26F2N4O2.H2S/c1-35(2)23-7-5-20-13-19(3-4-21(20)14-23)22-6-8-27-26(15-22)25(11-12-34-27)28(37)9-10-29(38)36-18-30(31,32)16-24(36)17-33;/h3-8,11-15,24H,9-10,16,18H2,1-2H3;1H2/t24-;/m0./s1. The van der Waals surface area contributed by atoms with E-state index in [4.69, 9.17) is 5.26 Å². The van der Waals surface area contributed by atoms with Crippen LogP contribution in [-0.4, -0.2) is 54.2 Å². The van der Waals surface area contributed by atoms with Crippen LogP contribution in [0, 0.1) is 11.3 Å². The number of likely N-dealkylation sites (tertiary alicyclic amines) is 1. The van der Waals surface area contributed by atoms with Crippen LogP contribution in [0.15, 0.2) is 66.9 Å². The van der Waals surface area contributed by atoms with Gasteiger partial charge in [-0.3, -0.25) is 14.6 Å². The van der Waals surface area contributed by atoms with E-state index in [1.807, 2.05) is 38.4 Å². The number of alkyl halides is 2. The molecule has 0 unspecified atom stereocenters. The summed E-state index contributed by atoms with van der Waals surface area (Å²) in [5, 5.41) is 12.0. The number of nitrogens with zero attached hydrogens (tertiary/aromatic N) is 4. The van der Waals surface area contributed by atoms with E-state index < -0.39 is 30.8 Å². The summed E-state index contributed by atoms with van der Waals surface area (Å²) in [6, 6.07) is 20.4. The normalized spacial score (nSPS) is 16.1. The Labute approximate surface area is 232 Å². The van der Waals surface area contributed by atoms with Gasteiger partial charge in [0.25, 0.3) is 5.92 Å². The molecule has 0 radical (unpaired) electrons. The van der Waals surface area contributed by atoms with E-state index in [0.717, 1.165) is 32.5 Å². The number of halogens is 2. The zero-order valence-electron chi connectivity index (χ0n) is 21.6. The first-order valence-electron chi connectivity index (χ1n) is 12.4. The fourth-order valence-corrected chi connectivity index (χ4v) is 4.95. The van der Waals surface area contributed by atoms with E-state index in [0.29, 0.717) is 16.5 Å². The Morgan fingerprint density at radius 3 is 2.46 bits per heavy atom. The number of pyridine rings is 1. The Morgan fingerprint density at radius 1 is 1.03 bits per heavy atom. The van der Waals surface area contributed by atoms with Gasteiger partial charge >= 0.3 is 0 Å². The van der Waals surface area contributed by atoms with Crippen molar-refractivity contribution in [1.82, 2.24) is 9.88 Å². The van der Waals surface area contributed by atoms with Gasteiger partial charge in [-0.1, -0.05) is 24.3 Å². The number of anilines is 1. The SMILES string of the molecule is CN(C)c1ccc2cc(-c3ccc4nccc(C(=O)CCC(=O)N5CC(F)(F)C[C@H]5C#N)c4c3)ccc2c1.S. The third-order valence-electron chi connectivity index (χ3n) is 7.02. The zero-order valence-corrected chi connectivity index (χ0v) is 22.6. The van der Waals surface area contributed by atoms with Gasteiger partial charge in [0, 0.05) is 56.2 Å². The minimum Gasteiger partial charge on any atom is -0.378 e. The molecule has 0 N–H and O–H groups in total. The topological polar surface area (TPSA) is 77.3 Å². The highest BCUT2D eigenvalue weighted by Crippen LogP contribution is 2.33. The van der Waals surface area contributed by atoms with Crippen molar-refractivity contribution >= 4 is 52.5 Å². The van der Waals surface area contributed by atoms with Crippen LogP contribution in [0.4, 0.5) is 14.5 Å². The summed E-state index contributed by atoms with van der Waals surface area (Å²) >= 11 is 0. The zero-order chi connectivity index (χ0) is 27.0. The lowest BCUT2D eigenvalue weighted by molar-refractivity contribution is -0.132. The maximum absolute atomic E-state index is 13.7. The molecule has 6 nitrogen and oxygen atoms in total. The van der Waals surface area contributed by atoms with Crippen LogP contribution >= 0.6 is 13.5 Å². The monoisotopic (exact) mass is 546 g/mol. The van der Waals surface area contributed by atoms with Crippen molar-refractivity contribution in [3.05, 3.63) is 72.4 Å². The molecule has 1 fully saturated rings. The average Bonchev–Trinajstić information content (AvgIpc) is 3.24. The summed E-state index contributed by atoms with van der Waals surface area (Å²) in [7, 11) is 4.00. The van der Waals surface area contributed by atoms with Crippen LogP contribution in [-0.2, 0) is 4.79 Å². The number of Topliss-reactive ketones (excluding diaryl/α,β-unsaturated/α-hetero) is 1. The molecule has 9 heteroatoms. The molecule has 1 aliphatic heterocycles. The molecule has 1 atom stereocenters. The Hall–Kier alpha value is -4.03. The number of benzene rings is 3. The number of hydrogen-bond acceptors (Lipinski definition) is 5. The van der Waals surface area contributed by atoms with Crippen LogP contribution in [0.3, 0.4) is 0 Å². The average molecular weight is 547 g/mol. The van der Waals surface area contributed by atoms with E-state index in [1.54, 1.807) is 18.3 Å². The van der Waals surface area contributed by atoms with Gasteiger partial charge in [0.2, 0.25) is 5.91 Å². The van der Waals surface area contributed by atoms with Crippen molar-refractivity contribution in [2.75, 3.05) is 25.5 Å². The number of nitriles is 1. The third kappa shape index (κ3) is 5.71. The van der Waals surface area contributed by atoms with Crippen LogP contribution in [0.2, 0.25) is 0 Å². The first-order chi connectivity index (χ1) is 18.1. The molecule has 0 bridgehead atoms. The number of ketones is 1. The van der Waals surface area contributed by atoms with Crippen molar-refractivity contribution in [2.24, 2.45) is 0 Å². The molecule has 0 saturated carbocycles. The number of carbonyl (C=O) groups excluding carboxylic acids is 2. The van der Waals surface area contributed by atoms with Crippen molar-refractivity contribution in [2.45, 2.75) is 31.2 Å². The molecule has 1 saturated heterocycles. The quantitative estimate of drug-likeness (QED) is 0.279. The molecule has 200 valence electrons. The first-order valence-corrected chi connectivity index (χ1v) is 12.4. The van der Waals surface area contributed by atoms with Gasteiger partial charge in [0.15, 0.2) is 5.78 Å². The van der Waals surface area contributed by atoms with Crippen molar-refractivity contribution in [3.8, 4) is 17.2 Å². The second-order valence-electron chi connectivity index (χ2n) is 9.88. The molecule has 3 aromatic carbocycles. The number of hydrogen-bond donors (Lipinski definition) is 0. The van der Waals surface area contributed by atoms with Crippen molar-refractivity contribution < 1.29 is 18.4 Å². The van der Waals surface area contributed by atoms with E-state index in [2.05, 4.69) is 40.2 Å². The lowest BCUT2D eigenvalue weighted by atomic mass is 9.96. The predicted molar refractivity (Wildman–Crippen MR) is 154 cm³/mol. The summed E-state index contributed by atoms with van der Waals surface area (Å²) in [6.07, 6.45) is 0.484. The molecule has 0 spiro atoms. The highest BCUT2D eigenvalue weighted by Gasteiger charge is 2.47. The summed E-state index contributed by atoms with van der Waals surface area (Å²) in [5.41, 5.74) is 4.10. The molecule has 1 aliphatic rings. The van der Waals surface area contributed by atoms with Crippen LogP contribution in [0.1, 0.15) is 29.6 Å². The first kappa shape index (κ1) is 28.0. The van der Waals surface area contributed by atoms with Crippen molar-refractivity contribution in [3.63, 3.8) is 0 Å². The van der Waals surface area contributed by atoms with Crippen LogP contribution in [0.25, 0.3) is 32.8 Å². The molecule has 2 heterocycles. The Kier molecular flexibility index (Phi) is 7.89. The Morgan fingerprint density at radius 2 is 1.72 bits per heavy atom. The second kappa shape index (κ2) is 11.0. The summed E-state index contributed by atoms with van der Waals surface area (Å²) in [6.45, 7) is -0.790. The van der Waals surface area contributed by atoms with Gasteiger partial charge in [0.1, 0.15) is 6.04 Å². The number of rotatable bonds is 6. The van der Waals surface area contributed by atoms with Gasteiger partial charge in [-0.2, -0.15) is 18.8 Å². The fourth-order valence-electron chi connectivity index (χ4n) is 4.95. The van der Waals surface area contributed by atoms with Gasteiger partial charge in [-0.25, -0.2) is 8.78 Å². The van der Waals surface area contributed by atoms with Crippen LogP contribution in [0.5, 0.6) is 0 Å². The number of amides is 1. The molecule has 0 aliphatic carbocycles. The smallest absolute Gasteiger partial charge is 0.268 e. The van der Waals surface area contributed by atoms with Gasteiger partial charge in [0.05, 0.1) is 18.1 Å². The number of fused-ring (bicyclic) bond motifs is 2. The number of carbonyl (C=O) groups is 2. The molecular formula is C30H28F2N4O2S. The maximum atomic E-state index is 13.7. The van der Waals surface area contributed by atoms with E-state index in [-0.39, 0.29) is 32.1 Å². The van der Waals surface area contributed by atoms with E-state index >= 15 is 0 Å². The summed E-state index contributed by atoms with van der Waals surface area (Å²) < 4.78 is 27.4. The van der Waals surface area contributed by atoms with Crippen molar-refractivity contribution in [1.29, 1.82) is 5.26 Å². The minimum absolute atomic E-state index is 0. The van der Waals surface area contributed by atoms with Gasteiger partial charge in [-0.05, 0) is 58.3 Å². The molecule has 1 aromatic heterocycles. The highest BCUT2D eigenvalue weighted by atomic mass is 32.1. The molecule has 1 amide bonds. The summed E-state index contributed by atoms with van der Waals surface area (Å²) in [5.74, 6) is -3.98. The minimum atomic E-state index is -3.09. The maximum Gasteiger partial charge on any atom is 0.268 e. The molecule has 4 aromatic rings. The lowest BCUT2D eigenvalue weighted by Crippen LogP contribution is -2.36. The lowest BCUT2D eigenvalue weighted by Gasteiger charge is -2.18. The molecular weight excluding hydrogens is 518 g/mol. The van der Waals surface area contributed by atoms with Gasteiger partial charge in [-0.15, -0.1) is 0 Å². The Bertz CT molecular complexity index is 1620. The Balaban J connectivity index is 0.00000353. The predicted octanol–water partition coefficient (Wildman–Crippen LogP) is 5.96. The van der Waals surface area contributed by atoms with E-state index in [1.165, 1.54) is 0 Å². The fraction of sp³-hybridized carbons (Fsp3) is 0.267. The van der Waals surface area contributed by atoms with Gasteiger partial charge < -0.3 is 9.80 Å². The van der Waals surface area contributed by atoms with Crippen LogP contribution < -0.4 is 4.90 Å². The third-order valence-corrected chi connectivity index (χ3v) is 7.02. The molecule has 5 rings (SSSR count). The number of aromatic nitrogens is 1. The van der Waals surface area contributed by atoms with E-state index in [9.17, 15) is 18.4 Å².